The third kappa shape index (κ3) is 3.37. The number of fused-ring (bicyclic) bond motifs is 11. The fourth-order valence-electron chi connectivity index (χ4n) is 7.68. The molecular formula is C38H28S6. The van der Waals surface area contributed by atoms with E-state index in [1.54, 1.807) is 11.1 Å². The van der Waals surface area contributed by atoms with Gasteiger partial charge in [0.25, 0.3) is 0 Å². The standard InChI is InChI=1S/C38H28S6/c1-17-7-9-25(39-17)29-13-19-11-23-21(15-27(19)41-29)33-31(37(23,3)4)35-36(43-33)32-34(44-35)22-16-28-20(12-24(22)38(32,5)6)14-30(42-28)26-10-8-18(2)40-26/h7-16H,1-6H3. The quantitative estimate of drug-likeness (QED) is 0.171. The van der Waals surface area contributed by atoms with Crippen LogP contribution in [0.15, 0.2) is 60.7 Å². The summed E-state index contributed by atoms with van der Waals surface area (Å²) in [6, 6.07) is 23.9. The third-order valence-corrected chi connectivity index (χ3v) is 17.1. The molecular weight excluding hydrogens is 649 g/mol. The van der Waals surface area contributed by atoms with E-state index in [-0.39, 0.29) is 10.8 Å². The zero-order valence-corrected chi connectivity index (χ0v) is 30.1. The van der Waals surface area contributed by atoms with Gasteiger partial charge in [-0.25, -0.2) is 0 Å². The molecule has 8 aromatic rings. The summed E-state index contributed by atoms with van der Waals surface area (Å²) in [5, 5.41) is 2.77. The Morgan fingerprint density at radius 1 is 0.455 bits per heavy atom. The van der Waals surface area contributed by atoms with Crippen LogP contribution in [0.4, 0.5) is 0 Å². The van der Waals surface area contributed by atoms with Crippen LogP contribution in [0.5, 0.6) is 0 Å². The van der Waals surface area contributed by atoms with Crippen molar-refractivity contribution < 1.29 is 0 Å². The molecule has 0 N–H and O–H groups in total. The molecule has 0 bridgehead atoms. The second-order valence-corrected chi connectivity index (χ2v) is 20.2. The molecule has 2 aliphatic rings. The fourth-order valence-corrected chi connectivity index (χ4v) is 15.3. The lowest BCUT2D eigenvalue weighted by Crippen LogP contribution is -2.15. The number of hydrogen-bond acceptors (Lipinski definition) is 6. The Morgan fingerprint density at radius 2 is 0.886 bits per heavy atom. The highest BCUT2D eigenvalue weighted by molar-refractivity contribution is 7.32. The molecule has 0 unspecified atom stereocenters. The molecule has 0 saturated carbocycles. The van der Waals surface area contributed by atoms with Crippen LogP contribution >= 0.6 is 68.0 Å². The van der Waals surface area contributed by atoms with Gasteiger partial charge >= 0.3 is 0 Å². The zero-order chi connectivity index (χ0) is 29.9. The molecule has 0 atom stereocenters. The van der Waals surface area contributed by atoms with Crippen LogP contribution in [0.2, 0.25) is 0 Å². The maximum Gasteiger partial charge on any atom is 0.0507 e. The van der Waals surface area contributed by atoms with Gasteiger partial charge < -0.3 is 0 Å². The molecule has 44 heavy (non-hydrogen) atoms. The van der Waals surface area contributed by atoms with Crippen molar-refractivity contribution in [3.63, 3.8) is 0 Å². The van der Waals surface area contributed by atoms with Crippen molar-refractivity contribution in [2.45, 2.75) is 52.4 Å². The Kier molecular flexibility index (Phi) is 5.21. The van der Waals surface area contributed by atoms with Crippen LogP contribution in [-0.2, 0) is 10.8 Å². The molecule has 10 rings (SSSR count). The molecule has 0 radical (unpaired) electrons. The van der Waals surface area contributed by atoms with Crippen molar-refractivity contribution in [2.24, 2.45) is 0 Å². The van der Waals surface area contributed by atoms with E-state index in [9.17, 15) is 0 Å². The van der Waals surface area contributed by atoms with Crippen molar-refractivity contribution in [3.05, 3.63) is 92.7 Å². The van der Waals surface area contributed by atoms with Crippen LogP contribution in [0, 0.1) is 13.8 Å². The lowest BCUT2D eigenvalue weighted by Gasteiger charge is -2.22. The highest BCUT2D eigenvalue weighted by atomic mass is 32.1. The van der Waals surface area contributed by atoms with Gasteiger partial charge in [-0.1, -0.05) is 27.7 Å². The maximum absolute atomic E-state index is 2.51. The minimum atomic E-state index is -0.0181. The highest BCUT2D eigenvalue weighted by Crippen LogP contribution is 2.64. The molecule has 6 aromatic heterocycles. The first-order chi connectivity index (χ1) is 21.1. The predicted octanol–water partition coefficient (Wildman–Crippen LogP) is 14.1. The molecule has 0 aliphatic heterocycles. The van der Waals surface area contributed by atoms with Gasteiger partial charge in [-0.3, -0.25) is 0 Å². The molecule has 0 spiro atoms. The Bertz CT molecular complexity index is 2350. The van der Waals surface area contributed by atoms with Crippen LogP contribution in [0.1, 0.15) is 59.7 Å². The average molecular weight is 677 g/mol. The molecule has 0 amide bonds. The normalized spacial score (nSPS) is 15.9. The minimum absolute atomic E-state index is 0.0181. The van der Waals surface area contributed by atoms with Crippen LogP contribution in [-0.4, -0.2) is 0 Å². The summed E-state index contributed by atoms with van der Waals surface area (Å²) in [6.07, 6.45) is 0. The number of thiophene rings is 6. The van der Waals surface area contributed by atoms with E-state index >= 15 is 0 Å². The molecule has 2 aromatic carbocycles. The van der Waals surface area contributed by atoms with Crippen molar-refractivity contribution in [1.82, 2.24) is 0 Å². The van der Waals surface area contributed by atoms with Gasteiger partial charge in [-0.2, -0.15) is 0 Å². The van der Waals surface area contributed by atoms with Crippen molar-refractivity contribution in [1.29, 1.82) is 0 Å². The Morgan fingerprint density at radius 3 is 1.27 bits per heavy atom. The van der Waals surface area contributed by atoms with Crippen LogP contribution in [0.25, 0.3) is 70.0 Å². The smallest absolute Gasteiger partial charge is 0.0507 e. The predicted molar refractivity (Wildman–Crippen MR) is 202 cm³/mol. The summed E-state index contributed by atoms with van der Waals surface area (Å²) in [5.41, 5.74) is 8.98. The number of rotatable bonds is 2. The molecule has 2 aliphatic carbocycles. The summed E-state index contributed by atoms with van der Waals surface area (Å²) >= 11 is 11.8. The van der Waals surface area contributed by atoms with Gasteiger partial charge in [0.05, 0.1) is 9.40 Å². The van der Waals surface area contributed by atoms with E-state index in [2.05, 4.69) is 125 Å². The van der Waals surface area contributed by atoms with Crippen molar-refractivity contribution in [2.75, 3.05) is 0 Å². The molecule has 0 fully saturated rings. The van der Waals surface area contributed by atoms with Crippen LogP contribution < -0.4 is 0 Å². The Labute approximate surface area is 280 Å². The minimum Gasteiger partial charge on any atom is -0.140 e. The van der Waals surface area contributed by atoms with E-state index in [1.807, 2.05) is 45.3 Å². The molecule has 216 valence electrons. The molecule has 6 heteroatoms. The summed E-state index contributed by atoms with van der Waals surface area (Å²) in [5.74, 6) is 0. The van der Waals surface area contributed by atoms with Gasteiger partial charge in [0, 0.05) is 59.2 Å². The first-order valence-electron chi connectivity index (χ1n) is 15.0. The second-order valence-electron chi connectivity index (χ2n) is 13.4. The zero-order valence-electron chi connectivity index (χ0n) is 25.2. The number of benzene rings is 2. The molecule has 0 saturated heterocycles. The first-order valence-corrected chi connectivity index (χ1v) is 19.9. The maximum atomic E-state index is 2.51. The largest absolute Gasteiger partial charge is 0.140 e. The molecule has 6 heterocycles. The SMILES string of the molecule is Cc1ccc(-c2cc3cc4c(cc3s2)-c2sc3c5c(sc3c2C4(C)C)-c2cc3sc(-c4ccc(C)s4)cc3cc2C5(C)C)s1. The van der Waals surface area contributed by atoms with E-state index in [4.69, 9.17) is 0 Å². The summed E-state index contributed by atoms with van der Waals surface area (Å²) in [4.78, 5) is 11.3. The molecule has 0 nitrogen and oxygen atoms in total. The van der Waals surface area contributed by atoms with E-state index in [1.165, 1.54) is 90.8 Å². The van der Waals surface area contributed by atoms with Crippen LogP contribution in [0.3, 0.4) is 0 Å². The van der Waals surface area contributed by atoms with Gasteiger partial charge in [-0.05, 0) is 119 Å². The number of hydrogen-bond donors (Lipinski definition) is 0. The van der Waals surface area contributed by atoms with E-state index in [0.717, 1.165) is 0 Å². The monoisotopic (exact) mass is 676 g/mol. The summed E-state index contributed by atoms with van der Waals surface area (Å²) in [6.45, 7) is 14.2. The van der Waals surface area contributed by atoms with E-state index in [0.29, 0.717) is 0 Å². The lowest BCUT2D eigenvalue weighted by atomic mass is 9.81. The topological polar surface area (TPSA) is 0 Å². The average Bonchev–Trinajstić information content (AvgIpc) is 3.80. The number of aryl methyl sites for hydroxylation is 2. The van der Waals surface area contributed by atoms with Gasteiger partial charge in [0.15, 0.2) is 0 Å². The van der Waals surface area contributed by atoms with Gasteiger partial charge in [0.1, 0.15) is 0 Å². The highest BCUT2D eigenvalue weighted by Gasteiger charge is 2.45. The van der Waals surface area contributed by atoms with E-state index < -0.39 is 0 Å². The summed E-state index contributed by atoms with van der Waals surface area (Å²) < 4.78 is 5.85. The third-order valence-electron chi connectivity index (χ3n) is 9.89. The Balaban J connectivity index is 1.14. The van der Waals surface area contributed by atoms with Gasteiger partial charge in [-0.15, -0.1) is 68.0 Å². The summed E-state index contributed by atoms with van der Waals surface area (Å²) in [7, 11) is 0. The second kappa shape index (κ2) is 8.61. The first kappa shape index (κ1) is 26.6. The Hall–Kier alpha value is -2.58. The van der Waals surface area contributed by atoms with Gasteiger partial charge in [0.2, 0.25) is 0 Å². The lowest BCUT2D eigenvalue weighted by molar-refractivity contribution is 0.666. The fraction of sp³-hybridized carbons (Fsp3) is 0.211. The van der Waals surface area contributed by atoms with Crippen molar-refractivity contribution in [3.8, 4) is 40.4 Å². The van der Waals surface area contributed by atoms with Crippen molar-refractivity contribution >= 4 is 97.6 Å².